The maximum absolute atomic E-state index is 4.50. The summed E-state index contributed by atoms with van der Waals surface area (Å²) in [7, 11) is 1.48. The Morgan fingerprint density at radius 1 is 1.56 bits per heavy atom. The summed E-state index contributed by atoms with van der Waals surface area (Å²) in [5.74, 6) is 0. The van der Waals surface area contributed by atoms with Gasteiger partial charge in [-0.25, -0.2) is 9.78 Å². The second-order valence-corrected chi connectivity index (χ2v) is 1.39. The number of halogens is 2. The van der Waals surface area contributed by atoms with Gasteiger partial charge in [0.15, 0.2) is 0 Å². The van der Waals surface area contributed by atoms with Gasteiger partial charge in [0, 0.05) is 37.2 Å². The van der Waals surface area contributed by atoms with Gasteiger partial charge in [0.05, 0.1) is 7.11 Å². The van der Waals surface area contributed by atoms with Crippen molar-refractivity contribution in [2.24, 2.45) is 0 Å². The summed E-state index contributed by atoms with van der Waals surface area (Å²) >= 11 is 4.24. The standard InChI is InChI=1S/C5H10O2.I2/c1-5(2)4-7-6-3;1-2/h1,4H2,2-3H3;. The SMILES string of the molecule is C=C(C)COOC.II. The van der Waals surface area contributed by atoms with Crippen LogP contribution in [0.25, 0.3) is 0 Å². The molecular weight excluding hydrogens is 346 g/mol. The van der Waals surface area contributed by atoms with E-state index in [2.05, 4.69) is 53.6 Å². The van der Waals surface area contributed by atoms with Crippen LogP contribution in [0, 0.1) is 0 Å². The third kappa shape index (κ3) is 17.6. The van der Waals surface area contributed by atoms with Crippen molar-refractivity contribution in [2.45, 2.75) is 6.92 Å². The van der Waals surface area contributed by atoms with Crippen molar-refractivity contribution >= 4 is 37.2 Å². The highest BCUT2D eigenvalue weighted by Crippen LogP contribution is 1.89. The Labute approximate surface area is 79.2 Å². The summed E-state index contributed by atoms with van der Waals surface area (Å²) in [6.07, 6.45) is 0. The van der Waals surface area contributed by atoms with Gasteiger partial charge in [-0.1, -0.05) is 12.2 Å². The molecule has 0 heterocycles. The Bertz CT molecular complexity index is 66.0. The van der Waals surface area contributed by atoms with Gasteiger partial charge in [-0.2, -0.15) is 0 Å². The van der Waals surface area contributed by atoms with Crippen LogP contribution < -0.4 is 0 Å². The predicted molar refractivity (Wildman–Crippen MR) is 55.8 cm³/mol. The normalized spacial score (nSPS) is 7.56. The van der Waals surface area contributed by atoms with Crippen LogP contribution in [-0.2, 0) is 9.78 Å². The molecule has 0 aliphatic rings. The fourth-order valence-electron chi connectivity index (χ4n) is 0.160. The molecule has 0 rings (SSSR count). The molecule has 0 fully saturated rings. The van der Waals surface area contributed by atoms with Gasteiger partial charge < -0.3 is 0 Å². The van der Waals surface area contributed by atoms with E-state index in [9.17, 15) is 0 Å². The molecule has 0 spiro atoms. The Kier molecular flexibility index (Phi) is 16.8. The first-order valence-electron chi connectivity index (χ1n) is 2.21. The molecule has 0 aromatic rings. The van der Waals surface area contributed by atoms with E-state index < -0.39 is 0 Å². The molecule has 0 saturated heterocycles. The quantitative estimate of drug-likeness (QED) is 0.335. The number of rotatable bonds is 3. The molecule has 0 bridgehead atoms. The predicted octanol–water partition coefficient (Wildman–Crippen LogP) is 2.91. The van der Waals surface area contributed by atoms with Gasteiger partial charge in [-0.05, 0) is 6.92 Å². The summed E-state index contributed by atoms with van der Waals surface area (Å²) in [5.41, 5.74) is 0.960. The molecule has 0 aromatic heterocycles. The highest BCUT2D eigenvalue weighted by Gasteiger charge is 1.80. The molecule has 0 atom stereocenters. The molecule has 9 heavy (non-hydrogen) atoms. The lowest BCUT2D eigenvalue weighted by atomic mass is 10.4. The van der Waals surface area contributed by atoms with E-state index in [4.69, 9.17) is 0 Å². The zero-order valence-electron chi connectivity index (χ0n) is 5.49. The minimum absolute atomic E-state index is 0.483. The molecule has 2 nitrogen and oxygen atoms in total. The molecule has 0 unspecified atom stereocenters. The van der Waals surface area contributed by atoms with Gasteiger partial charge in [0.2, 0.25) is 0 Å². The molecule has 56 valence electrons. The minimum Gasteiger partial charge on any atom is -0.240 e. The zero-order valence-corrected chi connectivity index (χ0v) is 9.80. The van der Waals surface area contributed by atoms with Crippen molar-refractivity contribution in [3.63, 3.8) is 0 Å². The minimum atomic E-state index is 0.483. The summed E-state index contributed by atoms with van der Waals surface area (Å²) in [4.78, 5) is 8.79. The van der Waals surface area contributed by atoms with E-state index in [-0.39, 0.29) is 0 Å². The summed E-state index contributed by atoms with van der Waals surface area (Å²) < 4.78 is 0. The molecule has 0 saturated carbocycles. The lowest BCUT2D eigenvalue weighted by Crippen LogP contribution is -1.91. The Morgan fingerprint density at radius 2 is 2.00 bits per heavy atom. The Hall–Kier alpha value is 1.12. The van der Waals surface area contributed by atoms with Crippen LogP contribution in [0.1, 0.15) is 6.92 Å². The lowest BCUT2D eigenvalue weighted by Gasteiger charge is -1.94. The number of hydrogen-bond acceptors (Lipinski definition) is 2. The Balaban J connectivity index is 0. The summed E-state index contributed by atoms with van der Waals surface area (Å²) in [6, 6.07) is 0. The van der Waals surface area contributed by atoms with E-state index in [1.807, 2.05) is 6.92 Å². The van der Waals surface area contributed by atoms with E-state index >= 15 is 0 Å². The average Bonchev–Trinajstić information content (AvgIpc) is 1.88. The largest absolute Gasteiger partial charge is 0.240 e. The van der Waals surface area contributed by atoms with Crippen LogP contribution >= 0.6 is 37.2 Å². The van der Waals surface area contributed by atoms with E-state index in [1.165, 1.54) is 7.11 Å². The summed E-state index contributed by atoms with van der Waals surface area (Å²) in [6.45, 7) is 5.94. The molecule has 4 heteroatoms. The van der Waals surface area contributed by atoms with Gasteiger partial charge in [0.1, 0.15) is 6.61 Å². The molecule has 0 aliphatic carbocycles. The van der Waals surface area contributed by atoms with Crippen LogP contribution in [0.2, 0.25) is 0 Å². The monoisotopic (exact) mass is 356 g/mol. The molecule has 0 aliphatic heterocycles. The van der Waals surface area contributed by atoms with Crippen molar-refractivity contribution in [1.82, 2.24) is 0 Å². The van der Waals surface area contributed by atoms with Gasteiger partial charge in [-0.15, -0.1) is 0 Å². The van der Waals surface area contributed by atoms with Gasteiger partial charge >= 0.3 is 0 Å². The lowest BCUT2D eigenvalue weighted by molar-refractivity contribution is -0.265. The third-order valence-corrected chi connectivity index (χ3v) is 0.423. The van der Waals surface area contributed by atoms with Crippen molar-refractivity contribution in [2.75, 3.05) is 13.7 Å². The molecule has 0 aromatic carbocycles. The third-order valence-electron chi connectivity index (χ3n) is 0.423. The van der Waals surface area contributed by atoms with E-state index in [1.54, 1.807) is 0 Å². The smallest absolute Gasteiger partial charge is 0.103 e. The Morgan fingerprint density at radius 3 is 2.11 bits per heavy atom. The summed E-state index contributed by atoms with van der Waals surface area (Å²) in [5, 5.41) is 0. The van der Waals surface area contributed by atoms with Crippen molar-refractivity contribution < 1.29 is 9.78 Å². The van der Waals surface area contributed by atoms with Crippen LogP contribution in [0.3, 0.4) is 0 Å². The maximum atomic E-state index is 4.50. The van der Waals surface area contributed by atoms with Crippen molar-refractivity contribution in [1.29, 1.82) is 0 Å². The average molecular weight is 356 g/mol. The van der Waals surface area contributed by atoms with Crippen LogP contribution in [-0.4, -0.2) is 13.7 Å². The fourth-order valence-corrected chi connectivity index (χ4v) is 0.160. The highest BCUT2D eigenvalue weighted by molar-refractivity contribution is 15.0. The van der Waals surface area contributed by atoms with Crippen molar-refractivity contribution in [3.05, 3.63) is 12.2 Å². The molecule has 0 amide bonds. The maximum Gasteiger partial charge on any atom is 0.103 e. The second-order valence-electron chi connectivity index (χ2n) is 1.39. The van der Waals surface area contributed by atoms with Crippen LogP contribution in [0.4, 0.5) is 0 Å². The molecular formula is C5H10I2O2. The first kappa shape index (κ1) is 12.8. The topological polar surface area (TPSA) is 18.5 Å². The van der Waals surface area contributed by atoms with Crippen LogP contribution in [0.15, 0.2) is 12.2 Å². The fraction of sp³-hybridized carbons (Fsp3) is 0.600. The van der Waals surface area contributed by atoms with Gasteiger partial charge in [-0.3, -0.25) is 0 Å². The first-order chi connectivity index (χ1) is 4.27. The highest BCUT2D eigenvalue weighted by atomic mass is 128. The van der Waals surface area contributed by atoms with Crippen LogP contribution in [0.5, 0.6) is 0 Å². The van der Waals surface area contributed by atoms with E-state index in [0.717, 1.165) is 5.57 Å². The van der Waals surface area contributed by atoms with E-state index in [0.29, 0.717) is 6.61 Å². The number of hydrogen-bond donors (Lipinski definition) is 0. The van der Waals surface area contributed by atoms with Gasteiger partial charge in [0.25, 0.3) is 0 Å². The first-order valence-corrected chi connectivity index (χ1v) is 8.50. The van der Waals surface area contributed by atoms with Crippen molar-refractivity contribution in [3.8, 4) is 0 Å². The molecule has 0 radical (unpaired) electrons. The zero-order chi connectivity index (χ0) is 7.70. The second kappa shape index (κ2) is 11.9. The molecule has 0 N–H and O–H groups in total.